The fourth-order valence-corrected chi connectivity index (χ4v) is 4.44. The minimum absolute atomic E-state index is 0.123. The van der Waals surface area contributed by atoms with Crippen LogP contribution in [-0.2, 0) is 4.79 Å². The molecule has 1 amide bonds. The first-order valence-electron chi connectivity index (χ1n) is 9.62. The summed E-state index contributed by atoms with van der Waals surface area (Å²) in [6.45, 7) is 0. The predicted octanol–water partition coefficient (Wildman–Crippen LogP) is 5.42. The molecule has 1 aromatic heterocycles. The maximum atomic E-state index is 13.1. The number of furan rings is 1. The highest BCUT2D eigenvalue weighted by Crippen LogP contribution is 2.35. The van der Waals surface area contributed by atoms with Crippen LogP contribution in [0.25, 0.3) is 0 Å². The Labute approximate surface area is 189 Å². The molecular formula is C23H21ClN2O4S. The van der Waals surface area contributed by atoms with Gasteiger partial charge in [0.15, 0.2) is 0 Å². The molecule has 3 aromatic rings. The zero-order valence-corrected chi connectivity index (χ0v) is 18.7. The monoisotopic (exact) mass is 456 g/mol. The highest BCUT2D eigenvalue weighted by atomic mass is 35.5. The van der Waals surface area contributed by atoms with Gasteiger partial charge in [-0.3, -0.25) is 4.79 Å². The van der Waals surface area contributed by atoms with E-state index in [1.807, 2.05) is 48.5 Å². The van der Waals surface area contributed by atoms with Gasteiger partial charge in [-0.15, -0.1) is 11.8 Å². The number of carbonyl (C=O) groups is 1. The predicted molar refractivity (Wildman–Crippen MR) is 121 cm³/mol. The number of halogens is 1. The molecule has 31 heavy (non-hydrogen) atoms. The Kier molecular flexibility index (Phi) is 6.53. The molecule has 0 fully saturated rings. The first-order chi connectivity index (χ1) is 15.1. The minimum Gasteiger partial charge on any atom is -0.497 e. The average molecular weight is 457 g/mol. The molecule has 0 saturated carbocycles. The van der Waals surface area contributed by atoms with E-state index in [0.29, 0.717) is 23.0 Å². The summed E-state index contributed by atoms with van der Waals surface area (Å²) in [5.74, 6) is 2.22. The van der Waals surface area contributed by atoms with Gasteiger partial charge in [-0.2, -0.15) is 5.10 Å². The van der Waals surface area contributed by atoms with Crippen molar-refractivity contribution in [3.8, 4) is 11.5 Å². The van der Waals surface area contributed by atoms with Crippen molar-refractivity contribution >= 4 is 35.0 Å². The Morgan fingerprint density at radius 2 is 1.90 bits per heavy atom. The number of hydrazone groups is 1. The van der Waals surface area contributed by atoms with Gasteiger partial charge in [0.25, 0.3) is 5.91 Å². The number of nitrogens with zero attached hydrogens (tertiary/aromatic N) is 2. The third kappa shape index (κ3) is 4.73. The largest absolute Gasteiger partial charge is 0.497 e. The standard InChI is InChI=1S/C23H21ClN2O4S/c1-28-16-7-5-15(6-8-16)19-13-20(21-4-3-11-30-21)26(25-19)23(27)14-31-22-10-9-17(29-2)12-18(22)24/h3-12,20H,13-14H2,1-2H3. The molecule has 1 aliphatic heterocycles. The van der Waals surface area contributed by atoms with E-state index in [1.54, 1.807) is 26.5 Å². The molecule has 0 saturated heterocycles. The number of hydrogen-bond donors (Lipinski definition) is 0. The van der Waals surface area contributed by atoms with Gasteiger partial charge >= 0.3 is 0 Å². The number of methoxy groups -OCH3 is 2. The van der Waals surface area contributed by atoms with Crippen LogP contribution in [0.3, 0.4) is 0 Å². The first-order valence-corrected chi connectivity index (χ1v) is 11.0. The molecule has 4 rings (SSSR count). The number of thioether (sulfide) groups is 1. The molecule has 2 aromatic carbocycles. The molecule has 0 bridgehead atoms. The zero-order chi connectivity index (χ0) is 21.8. The van der Waals surface area contributed by atoms with Crippen molar-refractivity contribution in [1.29, 1.82) is 0 Å². The average Bonchev–Trinajstić information content (AvgIpc) is 3.48. The van der Waals surface area contributed by atoms with Crippen LogP contribution in [0.4, 0.5) is 0 Å². The van der Waals surface area contributed by atoms with Crippen LogP contribution in [0.15, 0.2) is 75.3 Å². The zero-order valence-electron chi connectivity index (χ0n) is 17.1. The van der Waals surface area contributed by atoms with Crippen LogP contribution in [0.1, 0.15) is 23.8 Å². The Bertz CT molecular complexity index is 1080. The third-order valence-corrected chi connectivity index (χ3v) is 6.43. The summed E-state index contributed by atoms with van der Waals surface area (Å²) in [6.07, 6.45) is 2.18. The van der Waals surface area contributed by atoms with Crippen molar-refractivity contribution in [2.45, 2.75) is 17.4 Å². The molecule has 8 heteroatoms. The Hall–Kier alpha value is -2.90. The molecule has 160 valence electrons. The smallest absolute Gasteiger partial charge is 0.253 e. The van der Waals surface area contributed by atoms with E-state index >= 15 is 0 Å². The first kappa shape index (κ1) is 21.3. The lowest BCUT2D eigenvalue weighted by Gasteiger charge is -2.19. The van der Waals surface area contributed by atoms with E-state index in [9.17, 15) is 4.79 Å². The summed E-state index contributed by atoms with van der Waals surface area (Å²) < 4.78 is 16.0. The summed E-state index contributed by atoms with van der Waals surface area (Å²) in [7, 11) is 3.21. The Morgan fingerprint density at radius 3 is 2.55 bits per heavy atom. The fraction of sp³-hybridized carbons (Fsp3) is 0.217. The lowest BCUT2D eigenvalue weighted by Crippen LogP contribution is -2.28. The molecule has 6 nitrogen and oxygen atoms in total. The molecule has 0 spiro atoms. The SMILES string of the molecule is COc1ccc(C2=NN(C(=O)CSc3ccc(OC)cc3Cl)C(c3ccco3)C2)cc1. The van der Waals surface area contributed by atoms with Crippen LogP contribution < -0.4 is 9.47 Å². The second-order valence-corrected chi connectivity index (χ2v) is 8.26. The van der Waals surface area contributed by atoms with E-state index < -0.39 is 0 Å². The molecule has 0 N–H and O–H groups in total. The van der Waals surface area contributed by atoms with Crippen molar-refractivity contribution in [2.24, 2.45) is 5.10 Å². The number of ether oxygens (including phenoxy) is 2. The van der Waals surface area contributed by atoms with Crippen molar-refractivity contribution < 1.29 is 18.7 Å². The van der Waals surface area contributed by atoms with Gasteiger partial charge in [0.05, 0.1) is 37.0 Å². The van der Waals surface area contributed by atoms with Crippen LogP contribution in [-0.4, -0.2) is 36.6 Å². The van der Waals surface area contributed by atoms with Crippen molar-refractivity contribution in [3.05, 3.63) is 77.2 Å². The summed E-state index contributed by atoms with van der Waals surface area (Å²) >= 11 is 7.68. The van der Waals surface area contributed by atoms with E-state index in [4.69, 9.17) is 25.5 Å². The molecular weight excluding hydrogens is 436 g/mol. The number of hydrogen-bond acceptors (Lipinski definition) is 6. The van der Waals surface area contributed by atoms with E-state index in [1.165, 1.54) is 16.8 Å². The molecule has 2 heterocycles. The van der Waals surface area contributed by atoms with Gasteiger partial charge in [-0.1, -0.05) is 11.6 Å². The second kappa shape index (κ2) is 9.49. The fourth-order valence-electron chi connectivity index (χ4n) is 3.33. The molecule has 1 atom stereocenters. The van der Waals surface area contributed by atoms with Gasteiger partial charge in [-0.25, -0.2) is 5.01 Å². The van der Waals surface area contributed by atoms with Crippen LogP contribution in [0.5, 0.6) is 11.5 Å². The Morgan fingerprint density at radius 1 is 1.16 bits per heavy atom. The van der Waals surface area contributed by atoms with Gasteiger partial charge < -0.3 is 13.9 Å². The molecule has 1 aliphatic rings. The van der Waals surface area contributed by atoms with Crippen molar-refractivity contribution in [3.63, 3.8) is 0 Å². The highest BCUT2D eigenvalue weighted by molar-refractivity contribution is 8.00. The minimum atomic E-state index is -0.286. The molecule has 0 aliphatic carbocycles. The number of carbonyl (C=O) groups excluding carboxylic acids is 1. The maximum Gasteiger partial charge on any atom is 0.253 e. The van der Waals surface area contributed by atoms with Crippen molar-refractivity contribution in [2.75, 3.05) is 20.0 Å². The highest BCUT2D eigenvalue weighted by Gasteiger charge is 2.34. The topological polar surface area (TPSA) is 64.3 Å². The van der Waals surface area contributed by atoms with Crippen LogP contribution >= 0.6 is 23.4 Å². The van der Waals surface area contributed by atoms with E-state index in [-0.39, 0.29) is 17.7 Å². The lowest BCUT2D eigenvalue weighted by atomic mass is 10.0. The van der Waals surface area contributed by atoms with E-state index in [0.717, 1.165) is 21.9 Å². The summed E-state index contributed by atoms with van der Waals surface area (Å²) in [6, 6.07) is 16.4. The third-order valence-electron chi connectivity index (χ3n) is 4.95. The van der Waals surface area contributed by atoms with Crippen LogP contribution in [0, 0.1) is 0 Å². The van der Waals surface area contributed by atoms with Crippen molar-refractivity contribution in [1.82, 2.24) is 5.01 Å². The number of rotatable bonds is 7. The van der Waals surface area contributed by atoms with Gasteiger partial charge in [-0.05, 0) is 60.2 Å². The summed E-state index contributed by atoms with van der Waals surface area (Å²) in [5.41, 5.74) is 1.77. The molecule has 1 unspecified atom stereocenters. The normalized spacial score (nSPS) is 15.6. The summed E-state index contributed by atoms with van der Waals surface area (Å²) in [5, 5.41) is 6.71. The van der Waals surface area contributed by atoms with E-state index in [2.05, 4.69) is 5.10 Å². The van der Waals surface area contributed by atoms with Gasteiger partial charge in [0, 0.05) is 11.3 Å². The Balaban J connectivity index is 1.53. The number of amides is 1. The summed E-state index contributed by atoms with van der Waals surface area (Å²) in [4.78, 5) is 13.9. The van der Waals surface area contributed by atoms with Gasteiger partial charge in [0.2, 0.25) is 0 Å². The quantitative estimate of drug-likeness (QED) is 0.444. The maximum absolute atomic E-state index is 13.1. The van der Waals surface area contributed by atoms with Crippen LogP contribution in [0.2, 0.25) is 5.02 Å². The second-order valence-electron chi connectivity index (χ2n) is 6.83. The molecule has 0 radical (unpaired) electrons. The number of benzene rings is 2. The lowest BCUT2D eigenvalue weighted by molar-refractivity contribution is -0.130. The van der Waals surface area contributed by atoms with Gasteiger partial charge in [0.1, 0.15) is 23.3 Å².